The molecule has 1 aliphatic carbocycles. The first-order chi connectivity index (χ1) is 6.22. The third kappa shape index (κ3) is 3.63. The van der Waals surface area contributed by atoms with E-state index in [1.807, 2.05) is 0 Å². The third-order valence-electron chi connectivity index (χ3n) is 2.66. The molecule has 0 fully saturated rings. The number of allylic oxidation sites excluding steroid dienone is 6. The van der Waals surface area contributed by atoms with E-state index in [1.54, 1.807) is 0 Å². The molecule has 0 radical (unpaired) electrons. The van der Waals surface area contributed by atoms with E-state index in [2.05, 4.69) is 45.1 Å². The van der Waals surface area contributed by atoms with Crippen molar-refractivity contribution in [1.29, 1.82) is 0 Å². The fourth-order valence-electron chi connectivity index (χ4n) is 1.47. The Labute approximate surface area is 82.0 Å². The Morgan fingerprint density at radius 2 is 2.08 bits per heavy atom. The van der Waals surface area contributed by atoms with Gasteiger partial charge in [0.2, 0.25) is 0 Å². The van der Waals surface area contributed by atoms with Crippen LogP contribution in [-0.4, -0.2) is 0 Å². The summed E-state index contributed by atoms with van der Waals surface area (Å²) in [5, 5.41) is 0. The van der Waals surface area contributed by atoms with Crippen molar-refractivity contribution in [3.8, 4) is 0 Å². The van der Waals surface area contributed by atoms with E-state index < -0.39 is 0 Å². The molecule has 0 saturated carbocycles. The number of hydrogen-bond acceptors (Lipinski definition) is 0. The van der Waals surface area contributed by atoms with Crippen LogP contribution in [0.1, 0.15) is 40.0 Å². The van der Waals surface area contributed by atoms with Gasteiger partial charge in [0.25, 0.3) is 0 Å². The lowest BCUT2D eigenvalue weighted by molar-refractivity contribution is 0.562. The predicted molar refractivity (Wildman–Crippen MR) is 59.7 cm³/mol. The molecule has 1 atom stereocenters. The lowest BCUT2D eigenvalue weighted by atomic mass is 9.98. The van der Waals surface area contributed by atoms with Gasteiger partial charge in [-0.2, -0.15) is 0 Å². The highest BCUT2D eigenvalue weighted by atomic mass is 14.1. The highest BCUT2D eigenvalue weighted by Gasteiger charge is 2.02. The van der Waals surface area contributed by atoms with Crippen molar-refractivity contribution in [2.75, 3.05) is 0 Å². The maximum absolute atomic E-state index is 2.35. The Bertz CT molecular complexity index is 241. The topological polar surface area (TPSA) is 0 Å². The molecule has 0 saturated heterocycles. The van der Waals surface area contributed by atoms with Crippen molar-refractivity contribution in [2.24, 2.45) is 5.92 Å². The van der Waals surface area contributed by atoms with E-state index in [4.69, 9.17) is 0 Å². The van der Waals surface area contributed by atoms with Crippen LogP contribution in [0.3, 0.4) is 0 Å². The molecule has 1 aliphatic rings. The summed E-state index contributed by atoms with van der Waals surface area (Å²) in [4.78, 5) is 0. The minimum absolute atomic E-state index is 0.814. The molecule has 13 heavy (non-hydrogen) atoms. The Kier molecular flexibility index (Phi) is 4.01. The van der Waals surface area contributed by atoms with E-state index in [0.29, 0.717) is 0 Å². The summed E-state index contributed by atoms with van der Waals surface area (Å²) >= 11 is 0. The van der Waals surface area contributed by atoms with Crippen molar-refractivity contribution in [3.05, 3.63) is 35.5 Å². The van der Waals surface area contributed by atoms with Crippen LogP contribution in [0.25, 0.3) is 0 Å². The molecule has 0 aliphatic heterocycles. The maximum atomic E-state index is 2.35. The summed E-state index contributed by atoms with van der Waals surface area (Å²) in [6, 6.07) is 0. The third-order valence-corrected chi connectivity index (χ3v) is 2.66. The van der Waals surface area contributed by atoms with Crippen LogP contribution in [0.4, 0.5) is 0 Å². The summed E-state index contributed by atoms with van der Waals surface area (Å²) in [5.74, 6) is 0.814. The van der Waals surface area contributed by atoms with Gasteiger partial charge in [0.05, 0.1) is 0 Å². The van der Waals surface area contributed by atoms with E-state index in [9.17, 15) is 0 Å². The average molecular weight is 176 g/mol. The van der Waals surface area contributed by atoms with Gasteiger partial charge >= 0.3 is 0 Å². The molecular formula is C13H20. The molecular weight excluding hydrogens is 156 g/mol. The minimum atomic E-state index is 0.814. The van der Waals surface area contributed by atoms with Crippen molar-refractivity contribution < 1.29 is 0 Å². The van der Waals surface area contributed by atoms with Gasteiger partial charge in [-0.3, -0.25) is 0 Å². The van der Waals surface area contributed by atoms with E-state index in [0.717, 1.165) is 12.3 Å². The van der Waals surface area contributed by atoms with Crippen LogP contribution in [0.2, 0.25) is 0 Å². The van der Waals surface area contributed by atoms with Crippen LogP contribution in [0, 0.1) is 5.92 Å². The molecule has 72 valence electrons. The highest BCUT2D eigenvalue weighted by Crippen LogP contribution is 2.19. The molecule has 0 heteroatoms. The summed E-state index contributed by atoms with van der Waals surface area (Å²) in [6.07, 6.45) is 12.7. The van der Waals surface area contributed by atoms with Crippen molar-refractivity contribution in [2.45, 2.75) is 40.0 Å². The molecule has 1 unspecified atom stereocenters. The second-order valence-corrected chi connectivity index (χ2v) is 4.01. The summed E-state index contributed by atoms with van der Waals surface area (Å²) in [6.45, 7) is 6.74. The molecule has 0 N–H and O–H groups in total. The second-order valence-electron chi connectivity index (χ2n) is 4.01. The Balaban J connectivity index is 2.53. The predicted octanol–water partition coefficient (Wildman–Crippen LogP) is 4.26. The fraction of sp³-hybridized carbons (Fsp3) is 0.538. The smallest absolute Gasteiger partial charge is 0.0158 e. The highest BCUT2D eigenvalue weighted by molar-refractivity contribution is 5.31. The van der Waals surface area contributed by atoms with Gasteiger partial charge in [-0.05, 0) is 25.7 Å². The summed E-state index contributed by atoms with van der Waals surface area (Å²) in [5.41, 5.74) is 2.89. The number of rotatable bonds is 3. The van der Waals surface area contributed by atoms with Crippen LogP contribution in [-0.2, 0) is 0 Å². The molecule has 0 spiro atoms. The normalized spacial score (nSPS) is 19.0. The van der Waals surface area contributed by atoms with Gasteiger partial charge in [-0.1, -0.05) is 55.7 Å². The van der Waals surface area contributed by atoms with Crippen LogP contribution in [0.15, 0.2) is 35.5 Å². The first kappa shape index (κ1) is 10.3. The maximum Gasteiger partial charge on any atom is -0.0158 e. The molecule has 0 aromatic heterocycles. The van der Waals surface area contributed by atoms with E-state index >= 15 is 0 Å². The zero-order chi connectivity index (χ0) is 9.68. The lowest BCUT2D eigenvalue weighted by Crippen LogP contribution is -1.93. The lowest BCUT2D eigenvalue weighted by Gasteiger charge is -2.08. The van der Waals surface area contributed by atoms with Crippen LogP contribution in [0.5, 0.6) is 0 Å². The molecule has 0 aromatic carbocycles. The average Bonchev–Trinajstić information content (AvgIpc) is 2.31. The summed E-state index contributed by atoms with van der Waals surface area (Å²) in [7, 11) is 0. The van der Waals surface area contributed by atoms with Crippen LogP contribution < -0.4 is 0 Å². The molecule has 0 amide bonds. The fourth-order valence-corrected chi connectivity index (χ4v) is 1.47. The van der Waals surface area contributed by atoms with Gasteiger partial charge < -0.3 is 0 Å². The number of hydrogen-bond donors (Lipinski definition) is 0. The van der Waals surface area contributed by atoms with Crippen molar-refractivity contribution >= 4 is 0 Å². The second kappa shape index (κ2) is 5.06. The molecule has 0 heterocycles. The largest absolute Gasteiger partial charge is 0.0778 e. The molecule has 0 nitrogen and oxygen atoms in total. The summed E-state index contributed by atoms with van der Waals surface area (Å²) < 4.78 is 0. The first-order valence-corrected chi connectivity index (χ1v) is 5.26. The minimum Gasteiger partial charge on any atom is -0.0778 e. The van der Waals surface area contributed by atoms with Gasteiger partial charge in [0.15, 0.2) is 0 Å². The van der Waals surface area contributed by atoms with Crippen molar-refractivity contribution in [1.82, 2.24) is 0 Å². The standard InChI is InChI=1S/C13H20/c1-4-11(2)10-13-7-5-6-12(3)8-9-13/h6-9,11H,4-5,10H2,1-3H3. The van der Waals surface area contributed by atoms with Gasteiger partial charge in [0.1, 0.15) is 0 Å². The Morgan fingerprint density at radius 1 is 1.31 bits per heavy atom. The zero-order valence-electron chi connectivity index (χ0n) is 9.01. The van der Waals surface area contributed by atoms with Crippen molar-refractivity contribution in [3.63, 3.8) is 0 Å². The van der Waals surface area contributed by atoms with Gasteiger partial charge in [-0.25, -0.2) is 0 Å². The zero-order valence-corrected chi connectivity index (χ0v) is 9.01. The van der Waals surface area contributed by atoms with E-state index in [1.165, 1.54) is 24.0 Å². The molecule has 1 rings (SSSR count). The quantitative estimate of drug-likeness (QED) is 0.603. The Morgan fingerprint density at radius 3 is 2.77 bits per heavy atom. The molecule has 0 bridgehead atoms. The Hall–Kier alpha value is -0.780. The molecule has 0 aromatic rings. The van der Waals surface area contributed by atoms with E-state index in [-0.39, 0.29) is 0 Å². The monoisotopic (exact) mass is 176 g/mol. The first-order valence-electron chi connectivity index (χ1n) is 5.26. The SMILES string of the molecule is CCC(C)CC1=CCC=C(C)C=C1. The van der Waals surface area contributed by atoms with Gasteiger partial charge in [-0.15, -0.1) is 0 Å². The van der Waals surface area contributed by atoms with Crippen LogP contribution >= 0.6 is 0 Å². The van der Waals surface area contributed by atoms with Gasteiger partial charge in [0, 0.05) is 0 Å².